The van der Waals surface area contributed by atoms with Crippen LogP contribution in [0.3, 0.4) is 0 Å². The third-order valence-corrected chi connectivity index (χ3v) is 5.96. The molecule has 0 aliphatic carbocycles. The monoisotopic (exact) mass is 432 g/mol. The maximum absolute atomic E-state index is 14.7. The van der Waals surface area contributed by atoms with Gasteiger partial charge in [-0.2, -0.15) is 10.4 Å². The van der Waals surface area contributed by atoms with Crippen molar-refractivity contribution in [1.82, 2.24) is 20.1 Å². The minimum Gasteiger partial charge on any atom is -0.380 e. The summed E-state index contributed by atoms with van der Waals surface area (Å²) in [4.78, 5) is 19.2. The van der Waals surface area contributed by atoms with Crippen molar-refractivity contribution in [1.29, 1.82) is 5.26 Å². The average Bonchev–Trinajstić information content (AvgIpc) is 3.46. The van der Waals surface area contributed by atoms with Gasteiger partial charge in [-0.25, -0.2) is 14.1 Å². The zero-order valence-electron chi connectivity index (χ0n) is 17.5. The van der Waals surface area contributed by atoms with Crippen LogP contribution in [0.5, 0.6) is 0 Å². The van der Waals surface area contributed by atoms with E-state index in [0.717, 1.165) is 31.7 Å². The summed E-state index contributed by atoms with van der Waals surface area (Å²) in [5.74, 6) is -0.0155. The molecule has 2 aromatic heterocycles. The van der Waals surface area contributed by atoms with Crippen LogP contribution in [0, 0.1) is 17.1 Å². The minimum absolute atomic E-state index is 0.116. The van der Waals surface area contributed by atoms with Crippen molar-refractivity contribution in [2.24, 2.45) is 0 Å². The van der Waals surface area contributed by atoms with Crippen LogP contribution in [0.1, 0.15) is 34.5 Å². The van der Waals surface area contributed by atoms with E-state index >= 15 is 0 Å². The van der Waals surface area contributed by atoms with Gasteiger partial charge in [0, 0.05) is 32.5 Å². The molecule has 0 radical (unpaired) electrons. The number of piperidine rings is 1. The number of hydrogen-bond acceptors (Lipinski definition) is 6. The molecule has 1 fully saturated rings. The van der Waals surface area contributed by atoms with E-state index in [4.69, 9.17) is 9.84 Å². The molecular weight excluding hydrogens is 411 g/mol. The number of pyridine rings is 1. The topological polar surface area (TPSA) is 96.1 Å². The summed E-state index contributed by atoms with van der Waals surface area (Å²) < 4.78 is 21.8. The van der Waals surface area contributed by atoms with Crippen molar-refractivity contribution in [3.63, 3.8) is 0 Å². The number of methoxy groups -OCH3 is 1. The summed E-state index contributed by atoms with van der Waals surface area (Å²) in [6, 6.07) is 9.86. The Bertz CT molecular complexity index is 1250. The largest absolute Gasteiger partial charge is 0.380 e. The van der Waals surface area contributed by atoms with E-state index in [2.05, 4.69) is 15.2 Å². The van der Waals surface area contributed by atoms with Gasteiger partial charge >= 0.3 is 0 Å². The van der Waals surface area contributed by atoms with Crippen molar-refractivity contribution in [2.45, 2.75) is 25.5 Å². The first-order chi connectivity index (χ1) is 15.6. The number of carbonyl (C=O) groups is 1. The first-order valence-electron chi connectivity index (χ1n) is 10.4. The number of anilines is 1. The SMILES string of the molecule is COC1CCCN(c2ccn(-c3cc(-c4c(F)cccc4C#N)nc4c3C(=O)NC4)n2)C1. The highest BCUT2D eigenvalue weighted by molar-refractivity contribution is 6.01. The van der Waals surface area contributed by atoms with Crippen LogP contribution in [-0.2, 0) is 11.3 Å². The fourth-order valence-corrected chi connectivity index (χ4v) is 4.35. The maximum Gasteiger partial charge on any atom is 0.255 e. The molecule has 4 heterocycles. The Morgan fingerprint density at radius 2 is 2.19 bits per heavy atom. The van der Waals surface area contributed by atoms with Crippen LogP contribution in [0.25, 0.3) is 16.9 Å². The molecule has 8 nitrogen and oxygen atoms in total. The molecule has 0 bridgehead atoms. The number of fused-ring (bicyclic) bond motifs is 1. The van der Waals surface area contributed by atoms with Gasteiger partial charge in [0.15, 0.2) is 5.82 Å². The molecular formula is C23H21FN6O2. The molecule has 1 unspecified atom stereocenters. The van der Waals surface area contributed by atoms with Crippen molar-refractivity contribution >= 4 is 11.7 Å². The molecule has 162 valence electrons. The van der Waals surface area contributed by atoms with Crippen LogP contribution in [-0.4, -0.2) is 47.0 Å². The van der Waals surface area contributed by atoms with Gasteiger partial charge in [0.05, 0.1) is 52.5 Å². The predicted molar refractivity (Wildman–Crippen MR) is 115 cm³/mol. The Morgan fingerprint density at radius 1 is 1.31 bits per heavy atom. The van der Waals surface area contributed by atoms with Crippen molar-refractivity contribution in [3.8, 4) is 23.0 Å². The smallest absolute Gasteiger partial charge is 0.255 e. The zero-order valence-corrected chi connectivity index (χ0v) is 17.5. The Kier molecular flexibility index (Phi) is 5.07. The number of nitrogens with one attached hydrogen (secondary N) is 1. The Morgan fingerprint density at radius 3 is 3.00 bits per heavy atom. The molecule has 1 saturated heterocycles. The fourth-order valence-electron chi connectivity index (χ4n) is 4.35. The highest BCUT2D eigenvalue weighted by Crippen LogP contribution is 2.32. The number of benzene rings is 1. The van der Waals surface area contributed by atoms with Gasteiger partial charge in [0.2, 0.25) is 0 Å². The number of nitriles is 1. The second kappa shape index (κ2) is 8.05. The molecule has 1 atom stereocenters. The number of nitrogens with zero attached hydrogens (tertiary/aromatic N) is 5. The number of carbonyl (C=O) groups excluding carboxylic acids is 1. The average molecular weight is 432 g/mol. The van der Waals surface area contributed by atoms with Crippen molar-refractivity contribution in [2.75, 3.05) is 25.1 Å². The summed E-state index contributed by atoms with van der Waals surface area (Å²) in [6.45, 7) is 1.85. The van der Waals surface area contributed by atoms with E-state index in [1.807, 2.05) is 12.1 Å². The van der Waals surface area contributed by atoms with Gasteiger partial charge in [-0.05, 0) is 31.0 Å². The summed E-state index contributed by atoms with van der Waals surface area (Å²) in [5.41, 5.74) is 2.00. The lowest BCUT2D eigenvalue weighted by atomic mass is 10.0. The van der Waals surface area contributed by atoms with E-state index < -0.39 is 5.82 Å². The second-order valence-corrected chi connectivity index (χ2v) is 7.87. The maximum atomic E-state index is 14.7. The number of ether oxygens (including phenoxy) is 1. The number of hydrogen-bond donors (Lipinski definition) is 1. The second-order valence-electron chi connectivity index (χ2n) is 7.87. The van der Waals surface area contributed by atoms with Crippen molar-refractivity contribution in [3.05, 3.63) is 59.2 Å². The fraction of sp³-hybridized carbons (Fsp3) is 0.304. The summed E-state index contributed by atoms with van der Waals surface area (Å²) in [7, 11) is 1.71. The van der Waals surface area contributed by atoms with E-state index in [-0.39, 0.29) is 29.7 Å². The molecule has 2 aliphatic rings. The van der Waals surface area contributed by atoms with Crippen LogP contribution in [0.4, 0.5) is 10.2 Å². The van der Waals surface area contributed by atoms with Gasteiger partial charge in [-0.1, -0.05) is 6.07 Å². The summed E-state index contributed by atoms with van der Waals surface area (Å²) in [5, 5.41) is 16.9. The predicted octanol–water partition coefficient (Wildman–Crippen LogP) is 2.80. The molecule has 1 amide bonds. The first-order valence-corrected chi connectivity index (χ1v) is 10.4. The quantitative estimate of drug-likeness (QED) is 0.681. The van der Waals surface area contributed by atoms with Crippen LogP contribution in [0.15, 0.2) is 36.5 Å². The number of rotatable bonds is 4. The summed E-state index contributed by atoms with van der Waals surface area (Å²) >= 11 is 0. The lowest BCUT2D eigenvalue weighted by Crippen LogP contribution is -2.39. The van der Waals surface area contributed by atoms with Gasteiger partial charge < -0.3 is 15.0 Å². The number of halogens is 1. The highest BCUT2D eigenvalue weighted by Gasteiger charge is 2.28. The Labute approximate surface area is 184 Å². The number of amides is 1. The standard InChI is InChI=1S/C23H21FN6O2/c1-32-15-5-3-8-29(13-15)20-7-9-30(28-20)19-10-17(27-18-12-26-23(31)22(18)19)21-14(11-25)4-2-6-16(21)24/h2,4,6-7,9-10,15H,3,5,8,12-13H2,1H3,(H,26,31). The van der Waals surface area contributed by atoms with Gasteiger partial charge in [0.25, 0.3) is 5.91 Å². The van der Waals surface area contributed by atoms with Gasteiger partial charge in [0.1, 0.15) is 5.82 Å². The lowest BCUT2D eigenvalue weighted by molar-refractivity contribution is 0.0891. The molecule has 2 aliphatic heterocycles. The summed E-state index contributed by atoms with van der Waals surface area (Å²) in [6.07, 6.45) is 3.96. The molecule has 5 rings (SSSR count). The Balaban J connectivity index is 1.61. The molecule has 1 aromatic carbocycles. The lowest BCUT2D eigenvalue weighted by Gasteiger charge is -2.31. The Hall–Kier alpha value is -3.77. The molecule has 32 heavy (non-hydrogen) atoms. The molecule has 3 aromatic rings. The first kappa shape index (κ1) is 20.2. The molecule has 1 N–H and O–H groups in total. The van der Waals surface area contributed by atoms with Gasteiger partial charge in [-0.15, -0.1) is 0 Å². The van der Waals surface area contributed by atoms with E-state index in [9.17, 15) is 14.4 Å². The van der Waals surface area contributed by atoms with Crippen molar-refractivity contribution < 1.29 is 13.9 Å². The van der Waals surface area contributed by atoms with E-state index in [1.54, 1.807) is 30.1 Å². The third-order valence-electron chi connectivity index (χ3n) is 5.96. The molecule has 0 saturated carbocycles. The third kappa shape index (κ3) is 3.39. The molecule has 0 spiro atoms. The normalized spacial score (nSPS) is 17.7. The number of aromatic nitrogens is 3. The van der Waals surface area contributed by atoms with Crippen LogP contribution < -0.4 is 10.2 Å². The van der Waals surface area contributed by atoms with E-state index in [0.29, 0.717) is 22.6 Å². The van der Waals surface area contributed by atoms with Crippen LogP contribution >= 0.6 is 0 Å². The van der Waals surface area contributed by atoms with E-state index in [1.165, 1.54) is 12.1 Å². The molecule has 9 heteroatoms. The van der Waals surface area contributed by atoms with Crippen LogP contribution in [0.2, 0.25) is 0 Å². The highest BCUT2D eigenvalue weighted by atomic mass is 19.1. The minimum atomic E-state index is -0.542. The van der Waals surface area contributed by atoms with Gasteiger partial charge in [-0.3, -0.25) is 4.79 Å². The zero-order chi connectivity index (χ0) is 22.2.